The third-order valence-corrected chi connectivity index (χ3v) is 2.86. The summed E-state index contributed by atoms with van der Waals surface area (Å²) < 4.78 is 0. The number of hydrogen-bond donors (Lipinski definition) is 4. The molecule has 18 heavy (non-hydrogen) atoms. The van der Waals surface area contributed by atoms with Crippen LogP contribution in [0.15, 0.2) is 0 Å². The van der Waals surface area contributed by atoms with Gasteiger partial charge in [0.2, 0.25) is 0 Å². The molecule has 0 radical (unpaired) electrons. The first-order valence-corrected chi connectivity index (χ1v) is 7.19. The number of likely N-dealkylation sites (N-methyl/N-ethyl adjacent to an activating group) is 1. The Labute approximate surface area is 113 Å². The van der Waals surface area contributed by atoms with Gasteiger partial charge < -0.3 is 27.0 Å². The number of nitrogens with one attached hydrogen (secondary N) is 2. The second-order valence-corrected chi connectivity index (χ2v) is 5.09. The van der Waals surface area contributed by atoms with Crippen LogP contribution in [0.25, 0.3) is 0 Å². The molecule has 0 bridgehead atoms. The number of hydrogen-bond acceptors (Lipinski definition) is 5. The average Bonchev–Trinajstić information content (AvgIpc) is 2.33. The second kappa shape index (κ2) is 13.2. The van der Waals surface area contributed by atoms with Gasteiger partial charge in [-0.25, -0.2) is 0 Å². The molecule has 0 spiro atoms. The Morgan fingerprint density at radius 3 is 2.17 bits per heavy atom. The van der Waals surface area contributed by atoms with Crippen molar-refractivity contribution >= 4 is 0 Å². The topological polar surface area (TPSA) is 79.3 Å². The average molecular weight is 259 g/mol. The molecule has 110 valence electrons. The number of nitrogens with zero attached hydrogens (tertiary/aromatic N) is 1. The van der Waals surface area contributed by atoms with Crippen LogP contribution in [-0.2, 0) is 0 Å². The van der Waals surface area contributed by atoms with E-state index in [1.165, 1.54) is 12.8 Å². The summed E-state index contributed by atoms with van der Waals surface area (Å²) in [4.78, 5) is 2.24. The summed E-state index contributed by atoms with van der Waals surface area (Å²) in [5.41, 5.74) is 11.0. The summed E-state index contributed by atoms with van der Waals surface area (Å²) in [6.45, 7) is 5.78. The van der Waals surface area contributed by atoms with Crippen molar-refractivity contribution in [2.45, 2.75) is 31.7 Å². The molecule has 0 saturated carbocycles. The van der Waals surface area contributed by atoms with Gasteiger partial charge in [-0.15, -0.1) is 0 Å². The predicted molar refractivity (Wildman–Crippen MR) is 79.8 cm³/mol. The summed E-state index contributed by atoms with van der Waals surface area (Å²) >= 11 is 0. The molecule has 1 unspecified atom stereocenters. The third kappa shape index (κ3) is 12.3. The van der Waals surface area contributed by atoms with E-state index in [4.69, 9.17) is 11.5 Å². The minimum absolute atomic E-state index is 0.572. The first-order chi connectivity index (χ1) is 8.70. The Hall–Kier alpha value is -0.200. The lowest BCUT2D eigenvalue weighted by Crippen LogP contribution is -2.39. The van der Waals surface area contributed by atoms with Crippen LogP contribution < -0.4 is 22.1 Å². The molecule has 0 aromatic rings. The van der Waals surface area contributed by atoms with Crippen LogP contribution in [-0.4, -0.2) is 64.3 Å². The van der Waals surface area contributed by atoms with E-state index in [0.717, 1.165) is 52.1 Å². The lowest BCUT2D eigenvalue weighted by Gasteiger charge is -2.22. The normalized spacial score (nSPS) is 13.2. The molecule has 0 aliphatic rings. The summed E-state index contributed by atoms with van der Waals surface area (Å²) in [5, 5.41) is 7.01. The van der Waals surface area contributed by atoms with Gasteiger partial charge in [0.1, 0.15) is 0 Å². The molecular weight excluding hydrogens is 226 g/mol. The first kappa shape index (κ1) is 17.8. The molecule has 6 N–H and O–H groups in total. The van der Waals surface area contributed by atoms with Crippen LogP contribution in [0.2, 0.25) is 0 Å². The molecule has 5 nitrogen and oxygen atoms in total. The SMILES string of the molecule is CN(C)CC(CCCNCCCN)NCCCN. The Balaban J connectivity index is 3.58. The molecule has 0 aromatic heterocycles. The molecular formula is C13H33N5. The summed E-state index contributed by atoms with van der Waals surface area (Å²) in [6, 6.07) is 0.572. The van der Waals surface area contributed by atoms with Crippen LogP contribution in [0.1, 0.15) is 25.7 Å². The predicted octanol–water partition coefficient (Wildman–Crippen LogP) is -0.426. The van der Waals surface area contributed by atoms with E-state index in [1.54, 1.807) is 0 Å². The maximum Gasteiger partial charge on any atom is 0.0195 e. The van der Waals surface area contributed by atoms with Crippen molar-refractivity contribution in [3.05, 3.63) is 0 Å². The highest BCUT2D eigenvalue weighted by Crippen LogP contribution is 1.98. The van der Waals surface area contributed by atoms with Gasteiger partial charge in [0.05, 0.1) is 0 Å². The van der Waals surface area contributed by atoms with Crippen LogP contribution in [0.3, 0.4) is 0 Å². The van der Waals surface area contributed by atoms with Crippen molar-refractivity contribution in [2.24, 2.45) is 11.5 Å². The van der Waals surface area contributed by atoms with Crippen molar-refractivity contribution in [3.8, 4) is 0 Å². The van der Waals surface area contributed by atoms with Gasteiger partial charge in [-0.3, -0.25) is 0 Å². The minimum atomic E-state index is 0.572. The van der Waals surface area contributed by atoms with Gasteiger partial charge in [0.15, 0.2) is 0 Å². The third-order valence-electron chi connectivity index (χ3n) is 2.86. The molecule has 0 aliphatic carbocycles. The summed E-state index contributed by atoms with van der Waals surface area (Å²) in [6.07, 6.45) is 4.53. The van der Waals surface area contributed by atoms with Crippen LogP contribution in [0, 0.1) is 0 Å². The highest BCUT2D eigenvalue weighted by atomic mass is 15.1. The highest BCUT2D eigenvalue weighted by Gasteiger charge is 2.08. The van der Waals surface area contributed by atoms with E-state index in [2.05, 4.69) is 29.6 Å². The molecule has 1 atom stereocenters. The van der Waals surface area contributed by atoms with E-state index in [9.17, 15) is 0 Å². The van der Waals surface area contributed by atoms with Gasteiger partial charge in [-0.1, -0.05) is 0 Å². The van der Waals surface area contributed by atoms with Gasteiger partial charge in [0, 0.05) is 12.6 Å². The quantitative estimate of drug-likeness (QED) is 0.338. The van der Waals surface area contributed by atoms with Gasteiger partial charge in [-0.05, 0) is 72.5 Å². The van der Waals surface area contributed by atoms with Crippen molar-refractivity contribution < 1.29 is 0 Å². The summed E-state index contributed by atoms with van der Waals surface area (Å²) in [7, 11) is 4.24. The lowest BCUT2D eigenvalue weighted by atomic mass is 10.1. The molecule has 0 aliphatic heterocycles. The lowest BCUT2D eigenvalue weighted by molar-refractivity contribution is 0.321. The number of nitrogens with two attached hydrogens (primary N) is 2. The first-order valence-electron chi connectivity index (χ1n) is 7.19. The van der Waals surface area contributed by atoms with E-state index in [-0.39, 0.29) is 0 Å². The largest absolute Gasteiger partial charge is 0.330 e. The smallest absolute Gasteiger partial charge is 0.0195 e. The van der Waals surface area contributed by atoms with E-state index in [1.807, 2.05) is 0 Å². The zero-order valence-electron chi connectivity index (χ0n) is 12.3. The number of rotatable bonds is 13. The van der Waals surface area contributed by atoms with Crippen molar-refractivity contribution in [1.82, 2.24) is 15.5 Å². The van der Waals surface area contributed by atoms with Gasteiger partial charge in [-0.2, -0.15) is 0 Å². The van der Waals surface area contributed by atoms with Crippen molar-refractivity contribution in [3.63, 3.8) is 0 Å². The molecule has 0 amide bonds. The van der Waals surface area contributed by atoms with Gasteiger partial charge >= 0.3 is 0 Å². The van der Waals surface area contributed by atoms with E-state index < -0.39 is 0 Å². The fourth-order valence-corrected chi connectivity index (χ4v) is 1.93. The van der Waals surface area contributed by atoms with Gasteiger partial charge in [0.25, 0.3) is 0 Å². The van der Waals surface area contributed by atoms with Crippen LogP contribution >= 0.6 is 0 Å². The Kier molecular flexibility index (Phi) is 13.1. The molecule has 5 heteroatoms. The zero-order chi connectivity index (χ0) is 13.6. The second-order valence-electron chi connectivity index (χ2n) is 5.09. The fourth-order valence-electron chi connectivity index (χ4n) is 1.93. The highest BCUT2D eigenvalue weighted by molar-refractivity contribution is 4.70. The molecule has 0 aromatic carbocycles. The Bertz CT molecular complexity index is 163. The van der Waals surface area contributed by atoms with Crippen molar-refractivity contribution in [2.75, 3.05) is 53.4 Å². The maximum atomic E-state index is 5.51. The molecule has 0 heterocycles. The minimum Gasteiger partial charge on any atom is -0.330 e. The van der Waals surface area contributed by atoms with E-state index >= 15 is 0 Å². The molecule has 0 rings (SSSR count). The molecule has 0 fully saturated rings. The van der Waals surface area contributed by atoms with Crippen molar-refractivity contribution in [1.29, 1.82) is 0 Å². The Morgan fingerprint density at radius 1 is 0.944 bits per heavy atom. The Morgan fingerprint density at radius 2 is 1.56 bits per heavy atom. The standard InChI is InChI=1S/C13H33N5/c1-18(2)12-13(17-11-5-8-15)6-3-9-16-10-4-7-14/h13,16-17H,3-12,14-15H2,1-2H3. The van der Waals surface area contributed by atoms with E-state index in [0.29, 0.717) is 6.04 Å². The zero-order valence-corrected chi connectivity index (χ0v) is 12.3. The monoisotopic (exact) mass is 259 g/mol. The summed E-state index contributed by atoms with van der Waals surface area (Å²) in [5.74, 6) is 0. The molecule has 0 saturated heterocycles. The van der Waals surface area contributed by atoms with Crippen LogP contribution in [0.4, 0.5) is 0 Å². The maximum absolute atomic E-state index is 5.51. The fraction of sp³-hybridized carbons (Fsp3) is 1.00. The van der Waals surface area contributed by atoms with Crippen LogP contribution in [0.5, 0.6) is 0 Å².